The van der Waals surface area contributed by atoms with Gasteiger partial charge in [0.05, 0.1) is 0 Å². The summed E-state index contributed by atoms with van der Waals surface area (Å²) in [5, 5.41) is 10.5. The molecule has 0 spiro atoms. The Morgan fingerprint density at radius 2 is 1.95 bits per heavy atom. The summed E-state index contributed by atoms with van der Waals surface area (Å²) in [5.74, 6) is -1.23. The Bertz CT molecular complexity index is 504. The summed E-state index contributed by atoms with van der Waals surface area (Å²) >= 11 is 1.10. The van der Waals surface area contributed by atoms with Gasteiger partial charge in [-0.3, -0.25) is 9.69 Å². The van der Waals surface area contributed by atoms with Crippen molar-refractivity contribution in [2.75, 3.05) is 26.2 Å². The lowest BCUT2D eigenvalue weighted by atomic mass is 10.3. The molecule has 3 rings (SSSR count). The highest BCUT2D eigenvalue weighted by molar-refractivity contribution is 7.11. The molecule has 1 aliphatic heterocycles. The van der Waals surface area contributed by atoms with E-state index in [4.69, 9.17) is 5.11 Å². The predicted octanol–water partition coefficient (Wildman–Crippen LogP) is 0.762. The largest absolute Gasteiger partial charge is 0.476 e. The van der Waals surface area contributed by atoms with Crippen molar-refractivity contribution in [3.8, 4) is 0 Å². The minimum absolute atomic E-state index is 0.0510. The van der Waals surface area contributed by atoms with Crippen molar-refractivity contribution in [3.63, 3.8) is 0 Å². The summed E-state index contributed by atoms with van der Waals surface area (Å²) in [6.45, 7) is 3.23. The number of carboxylic acids is 1. The summed E-state index contributed by atoms with van der Waals surface area (Å²) < 4.78 is 0. The number of thiazole rings is 1. The molecular formula is C12H15N3O3S. The van der Waals surface area contributed by atoms with Crippen LogP contribution in [0.3, 0.4) is 0 Å². The predicted molar refractivity (Wildman–Crippen MR) is 69.6 cm³/mol. The summed E-state index contributed by atoms with van der Waals surface area (Å²) in [4.78, 5) is 31.0. The summed E-state index contributed by atoms with van der Waals surface area (Å²) in [5.41, 5.74) is -0.0510. The van der Waals surface area contributed by atoms with Gasteiger partial charge in [0.2, 0.25) is 0 Å². The fourth-order valence-corrected chi connectivity index (χ4v) is 3.09. The Kier molecular flexibility index (Phi) is 3.24. The van der Waals surface area contributed by atoms with Gasteiger partial charge in [0, 0.05) is 37.6 Å². The first-order chi connectivity index (χ1) is 9.15. The third-order valence-corrected chi connectivity index (χ3v) is 4.40. The lowest BCUT2D eigenvalue weighted by Gasteiger charge is -2.34. The minimum atomic E-state index is -1.09. The van der Waals surface area contributed by atoms with Crippen LogP contribution >= 0.6 is 11.3 Å². The first kappa shape index (κ1) is 12.6. The van der Waals surface area contributed by atoms with Crippen LogP contribution in [0.4, 0.5) is 0 Å². The van der Waals surface area contributed by atoms with Crippen LogP contribution in [0, 0.1) is 0 Å². The van der Waals surface area contributed by atoms with Crippen LogP contribution in [0.5, 0.6) is 0 Å². The zero-order chi connectivity index (χ0) is 13.4. The number of nitrogens with zero attached hydrogens (tertiary/aromatic N) is 3. The van der Waals surface area contributed by atoms with Crippen molar-refractivity contribution >= 4 is 23.2 Å². The molecule has 1 aliphatic carbocycles. The van der Waals surface area contributed by atoms with Crippen LogP contribution in [0.1, 0.15) is 33.1 Å². The molecule has 0 aromatic carbocycles. The van der Waals surface area contributed by atoms with Crippen LogP contribution in [0.2, 0.25) is 0 Å². The van der Waals surface area contributed by atoms with E-state index in [-0.39, 0.29) is 16.6 Å². The van der Waals surface area contributed by atoms with Crippen molar-refractivity contribution in [2.45, 2.75) is 18.9 Å². The van der Waals surface area contributed by atoms with E-state index in [1.807, 2.05) is 0 Å². The van der Waals surface area contributed by atoms with Gasteiger partial charge in [-0.05, 0) is 12.8 Å². The summed E-state index contributed by atoms with van der Waals surface area (Å²) in [7, 11) is 0. The molecule has 0 atom stereocenters. The Hall–Kier alpha value is -1.47. The first-order valence-electron chi connectivity index (χ1n) is 6.37. The highest BCUT2D eigenvalue weighted by Crippen LogP contribution is 2.27. The third kappa shape index (κ3) is 2.62. The Balaban J connectivity index is 1.62. The number of aromatic nitrogens is 1. The molecule has 2 heterocycles. The minimum Gasteiger partial charge on any atom is -0.476 e. The number of amides is 1. The average molecular weight is 281 g/mol. The smallest absolute Gasteiger partial charge is 0.355 e. The van der Waals surface area contributed by atoms with Crippen molar-refractivity contribution in [3.05, 3.63) is 16.1 Å². The molecule has 102 valence electrons. The molecule has 0 unspecified atom stereocenters. The van der Waals surface area contributed by atoms with E-state index in [2.05, 4.69) is 9.88 Å². The SMILES string of the molecule is O=C(O)c1csc(C(=O)N2CCN(C3CC3)CC2)n1. The fraction of sp³-hybridized carbons (Fsp3) is 0.583. The number of carboxylic acid groups (broad SMARTS) is 1. The number of hydrogen-bond donors (Lipinski definition) is 1. The summed E-state index contributed by atoms with van der Waals surface area (Å²) in [6.07, 6.45) is 2.56. The summed E-state index contributed by atoms with van der Waals surface area (Å²) in [6, 6.07) is 0.732. The number of carbonyl (C=O) groups excluding carboxylic acids is 1. The molecule has 7 heteroatoms. The van der Waals surface area contributed by atoms with Crippen molar-refractivity contribution < 1.29 is 14.7 Å². The second-order valence-corrected chi connectivity index (χ2v) is 5.76. The molecule has 19 heavy (non-hydrogen) atoms. The van der Waals surface area contributed by atoms with E-state index >= 15 is 0 Å². The van der Waals surface area contributed by atoms with Gasteiger partial charge in [0.15, 0.2) is 10.7 Å². The average Bonchev–Trinajstić information content (AvgIpc) is 3.14. The second kappa shape index (κ2) is 4.90. The molecule has 2 fully saturated rings. The van der Waals surface area contributed by atoms with E-state index in [1.54, 1.807) is 4.90 Å². The van der Waals surface area contributed by atoms with Gasteiger partial charge in [-0.15, -0.1) is 11.3 Å². The maximum atomic E-state index is 12.2. The van der Waals surface area contributed by atoms with Gasteiger partial charge < -0.3 is 10.0 Å². The molecule has 1 aromatic rings. The van der Waals surface area contributed by atoms with Gasteiger partial charge in [0.25, 0.3) is 5.91 Å². The normalized spacial score (nSPS) is 20.5. The van der Waals surface area contributed by atoms with E-state index in [1.165, 1.54) is 18.2 Å². The molecule has 2 aliphatic rings. The zero-order valence-corrected chi connectivity index (χ0v) is 11.2. The Labute approximate surface area is 114 Å². The number of rotatable bonds is 3. The van der Waals surface area contributed by atoms with Crippen molar-refractivity contribution in [1.29, 1.82) is 0 Å². The van der Waals surface area contributed by atoms with E-state index in [0.717, 1.165) is 30.5 Å². The molecule has 6 nitrogen and oxygen atoms in total. The standard InChI is InChI=1S/C12H15N3O3S/c16-11(10-13-9(7-19-10)12(17)18)15-5-3-14(4-6-15)8-1-2-8/h7-8H,1-6H2,(H,17,18). The van der Waals surface area contributed by atoms with Crippen LogP contribution in [0.25, 0.3) is 0 Å². The molecule has 1 aromatic heterocycles. The molecule has 0 radical (unpaired) electrons. The molecule has 1 saturated heterocycles. The molecular weight excluding hydrogens is 266 g/mol. The highest BCUT2D eigenvalue weighted by Gasteiger charge is 2.33. The molecule has 1 saturated carbocycles. The number of carbonyl (C=O) groups is 2. The lowest BCUT2D eigenvalue weighted by Crippen LogP contribution is -2.49. The van der Waals surface area contributed by atoms with Crippen LogP contribution in [-0.2, 0) is 0 Å². The molecule has 0 bridgehead atoms. The van der Waals surface area contributed by atoms with Gasteiger partial charge in [-0.25, -0.2) is 9.78 Å². The maximum absolute atomic E-state index is 12.2. The number of aromatic carboxylic acids is 1. The van der Waals surface area contributed by atoms with Crippen LogP contribution in [-0.4, -0.2) is 64.0 Å². The van der Waals surface area contributed by atoms with Gasteiger partial charge in [-0.1, -0.05) is 0 Å². The monoisotopic (exact) mass is 281 g/mol. The maximum Gasteiger partial charge on any atom is 0.355 e. The quantitative estimate of drug-likeness (QED) is 0.885. The first-order valence-corrected chi connectivity index (χ1v) is 7.25. The third-order valence-electron chi connectivity index (χ3n) is 3.57. The van der Waals surface area contributed by atoms with Crippen LogP contribution in [0.15, 0.2) is 5.38 Å². The molecule has 1 N–H and O–H groups in total. The van der Waals surface area contributed by atoms with Crippen molar-refractivity contribution in [2.24, 2.45) is 0 Å². The van der Waals surface area contributed by atoms with E-state index < -0.39 is 5.97 Å². The van der Waals surface area contributed by atoms with Crippen molar-refractivity contribution in [1.82, 2.24) is 14.8 Å². The second-order valence-electron chi connectivity index (χ2n) is 4.90. The lowest BCUT2D eigenvalue weighted by molar-refractivity contribution is 0.0626. The van der Waals surface area contributed by atoms with Gasteiger partial charge >= 0.3 is 5.97 Å². The van der Waals surface area contributed by atoms with Crippen LogP contribution < -0.4 is 0 Å². The van der Waals surface area contributed by atoms with Gasteiger partial charge in [0.1, 0.15) is 0 Å². The molecule has 1 amide bonds. The number of hydrogen-bond acceptors (Lipinski definition) is 5. The van der Waals surface area contributed by atoms with E-state index in [0.29, 0.717) is 13.1 Å². The Morgan fingerprint density at radius 1 is 1.26 bits per heavy atom. The Morgan fingerprint density at radius 3 is 2.47 bits per heavy atom. The fourth-order valence-electron chi connectivity index (χ4n) is 2.34. The highest BCUT2D eigenvalue weighted by atomic mass is 32.1. The number of piperazine rings is 1. The van der Waals surface area contributed by atoms with E-state index in [9.17, 15) is 9.59 Å². The zero-order valence-electron chi connectivity index (χ0n) is 10.4. The topological polar surface area (TPSA) is 73.7 Å². The van der Waals surface area contributed by atoms with Gasteiger partial charge in [-0.2, -0.15) is 0 Å².